The first kappa shape index (κ1) is 35.7. The van der Waals surface area contributed by atoms with Gasteiger partial charge in [0, 0.05) is 23.2 Å². The number of carbonyl (C=O) groups excluding carboxylic acids is 2. The number of benzene rings is 2. The number of rotatable bonds is 8. The molecule has 1 aliphatic carbocycles. The van der Waals surface area contributed by atoms with Crippen molar-refractivity contribution < 1.29 is 28.2 Å². The van der Waals surface area contributed by atoms with E-state index in [0.717, 1.165) is 64.0 Å². The molecule has 1 aliphatic heterocycles. The van der Waals surface area contributed by atoms with Crippen molar-refractivity contribution in [3.05, 3.63) is 76.7 Å². The van der Waals surface area contributed by atoms with Crippen LogP contribution >= 0.6 is 11.6 Å². The zero-order valence-electron chi connectivity index (χ0n) is 28.9. The van der Waals surface area contributed by atoms with E-state index in [9.17, 15) is 14.0 Å². The SMILES string of the molecule is CC(C)c1nc2c(c(-c3ccc(F)cc3)c1/C=C/[C@@H]1C[C@H](CC(=O)OC(C)(C)C)OC(C)(C)O1)CCCc1ccc(NC(=O)CCl)cc1-2. The van der Waals surface area contributed by atoms with Crippen LogP contribution in [0.4, 0.5) is 10.1 Å². The van der Waals surface area contributed by atoms with Crippen LogP contribution in [-0.4, -0.2) is 46.3 Å². The Kier molecular flexibility index (Phi) is 10.8. The molecule has 7 nitrogen and oxygen atoms in total. The molecule has 1 aromatic heterocycles. The second kappa shape index (κ2) is 14.5. The molecule has 9 heteroatoms. The van der Waals surface area contributed by atoms with Crippen molar-refractivity contribution in [1.82, 2.24) is 4.98 Å². The molecule has 1 N–H and O–H groups in total. The number of hydrogen-bond donors (Lipinski definition) is 1. The minimum absolute atomic E-state index is 0.0481. The number of nitrogens with zero attached hydrogens (tertiary/aromatic N) is 1. The maximum absolute atomic E-state index is 14.2. The number of fused-ring (bicyclic) bond motifs is 3. The Balaban J connectivity index is 1.62. The van der Waals surface area contributed by atoms with Gasteiger partial charge < -0.3 is 19.5 Å². The minimum atomic E-state index is -0.910. The topological polar surface area (TPSA) is 86.8 Å². The van der Waals surface area contributed by atoms with Gasteiger partial charge in [0.05, 0.1) is 30.0 Å². The summed E-state index contributed by atoms with van der Waals surface area (Å²) in [6.07, 6.45) is 6.50. The third kappa shape index (κ3) is 8.70. The molecule has 5 rings (SSSR count). The number of pyridine rings is 1. The Morgan fingerprint density at radius 3 is 2.52 bits per heavy atom. The van der Waals surface area contributed by atoms with Gasteiger partial charge in [-0.2, -0.15) is 0 Å². The number of ether oxygens (including phenoxy) is 3. The summed E-state index contributed by atoms with van der Waals surface area (Å²) < 4.78 is 32.3. The van der Waals surface area contributed by atoms with Gasteiger partial charge in [-0.05, 0) is 106 Å². The number of aryl methyl sites for hydroxylation is 1. The molecule has 1 amide bonds. The number of nitrogens with one attached hydrogen (secondary N) is 1. The van der Waals surface area contributed by atoms with Crippen LogP contribution in [0.3, 0.4) is 0 Å². The Hall–Kier alpha value is -3.59. The number of amides is 1. The van der Waals surface area contributed by atoms with Gasteiger partial charge in [0.25, 0.3) is 0 Å². The van der Waals surface area contributed by atoms with E-state index in [0.29, 0.717) is 12.1 Å². The first-order valence-electron chi connectivity index (χ1n) is 16.7. The van der Waals surface area contributed by atoms with Crippen LogP contribution in [0, 0.1) is 5.82 Å². The standard InChI is InChI=1S/C39H46ClFN2O5/c1-23(2)36-31(18-17-28-20-29(47-39(6,7)46-28)21-34(45)48-38(3,4)5)35(25-11-14-26(41)15-12-25)30-10-8-9-24-13-16-27(42-33(44)22-40)19-32(24)37(30)43-36/h11-19,23,28-29H,8-10,20-22H2,1-7H3,(H,42,44)/b18-17+/t28-,29-/m1/s1. The molecule has 2 aromatic carbocycles. The molecule has 48 heavy (non-hydrogen) atoms. The summed E-state index contributed by atoms with van der Waals surface area (Å²) >= 11 is 5.79. The Morgan fingerprint density at radius 2 is 1.85 bits per heavy atom. The third-order valence-corrected chi connectivity index (χ3v) is 8.60. The molecule has 1 fully saturated rings. The average Bonchev–Trinajstić information content (AvgIpc) is 3.17. The van der Waals surface area contributed by atoms with Gasteiger partial charge in [-0.25, -0.2) is 4.39 Å². The molecule has 0 saturated carbocycles. The van der Waals surface area contributed by atoms with Crippen LogP contribution in [0.15, 0.2) is 48.5 Å². The van der Waals surface area contributed by atoms with Crippen LogP contribution in [0.2, 0.25) is 0 Å². The van der Waals surface area contributed by atoms with Crippen molar-refractivity contribution in [2.24, 2.45) is 0 Å². The van der Waals surface area contributed by atoms with Gasteiger partial charge in [0.1, 0.15) is 17.3 Å². The van der Waals surface area contributed by atoms with E-state index < -0.39 is 11.4 Å². The number of halogens is 2. The van der Waals surface area contributed by atoms with Crippen molar-refractivity contribution in [2.75, 3.05) is 11.2 Å². The zero-order valence-corrected chi connectivity index (χ0v) is 29.7. The molecule has 2 atom stereocenters. The number of carbonyl (C=O) groups is 2. The van der Waals surface area contributed by atoms with Crippen LogP contribution in [0.25, 0.3) is 28.5 Å². The highest BCUT2D eigenvalue weighted by Gasteiger charge is 2.36. The fourth-order valence-electron chi connectivity index (χ4n) is 6.59. The first-order valence-corrected chi connectivity index (χ1v) is 17.2. The van der Waals surface area contributed by atoms with E-state index in [2.05, 4.69) is 25.2 Å². The molecule has 0 radical (unpaired) electrons. The van der Waals surface area contributed by atoms with E-state index in [4.69, 9.17) is 30.8 Å². The van der Waals surface area contributed by atoms with E-state index in [1.165, 1.54) is 12.1 Å². The van der Waals surface area contributed by atoms with Gasteiger partial charge in [-0.1, -0.05) is 44.2 Å². The zero-order chi connectivity index (χ0) is 34.8. The molecule has 0 bridgehead atoms. The van der Waals surface area contributed by atoms with Gasteiger partial charge in [-0.3, -0.25) is 14.6 Å². The van der Waals surface area contributed by atoms with Crippen molar-refractivity contribution >= 4 is 35.2 Å². The second-order valence-corrected chi connectivity index (χ2v) is 14.6. The highest BCUT2D eigenvalue weighted by molar-refractivity contribution is 6.29. The van der Waals surface area contributed by atoms with Crippen molar-refractivity contribution in [3.8, 4) is 22.4 Å². The monoisotopic (exact) mass is 676 g/mol. The molecular formula is C39H46ClFN2O5. The Labute approximate surface area is 288 Å². The quantitative estimate of drug-likeness (QED) is 0.189. The van der Waals surface area contributed by atoms with Gasteiger partial charge in [0.2, 0.25) is 5.91 Å². The molecular weight excluding hydrogens is 631 g/mol. The summed E-state index contributed by atoms with van der Waals surface area (Å²) in [6, 6.07) is 12.5. The summed E-state index contributed by atoms with van der Waals surface area (Å²) in [6.45, 7) is 13.5. The molecule has 2 aliphatic rings. The minimum Gasteiger partial charge on any atom is -0.460 e. The smallest absolute Gasteiger partial charge is 0.308 e. The van der Waals surface area contributed by atoms with Gasteiger partial charge in [0.15, 0.2) is 5.79 Å². The summed E-state index contributed by atoms with van der Waals surface area (Å²) in [5, 5.41) is 2.88. The predicted molar refractivity (Wildman–Crippen MR) is 188 cm³/mol. The van der Waals surface area contributed by atoms with Gasteiger partial charge in [-0.15, -0.1) is 11.6 Å². The number of hydrogen-bond acceptors (Lipinski definition) is 6. The maximum atomic E-state index is 14.2. The molecule has 256 valence electrons. The normalized spacial score (nSPS) is 19.0. The van der Waals surface area contributed by atoms with E-state index in [1.807, 2.05) is 71.0 Å². The summed E-state index contributed by atoms with van der Waals surface area (Å²) in [4.78, 5) is 30.2. The summed E-state index contributed by atoms with van der Waals surface area (Å²) in [7, 11) is 0. The third-order valence-electron chi connectivity index (χ3n) is 8.36. The lowest BCUT2D eigenvalue weighted by Gasteiger charge is -2.40. The summed E-state index contributed by atoms with van der Waals surface area (Å²) in [5.41, 5.74) is 7.87. The molecule has 2 heterocycles. The first-order chi connectivity index (χ1) is 22.6. The lowest BCUT2D eigenvalue weighted by atomic mass is 9.86. The van der Waals surface area contributed by atoms with Crippen LogP contribution in [0.1, 0.15) is 96.0 Å². The predicted octanol–water partition coefficient (Wildman–Crippen LogP) is 9.00. The molecule has 1 saturated heterocycles. The van der Waals surface area contributed by atoms with Crippen molar-refractivity contribution in [3.63, 3.8) is 0 Å². The fraction of sp³-hybridized carbons (Fsp3) is 0.462. The average molecular weight is 677 g/mol. The Bertz CT molecular complexity index is 1690. The number of esters is 1. The van der Waals surface area contributed by atoms with E-state index >= 15 is 0 Å². The Morgan fingerprint density at radius 1 is 1.12 bits per heavy atom. The van der Waals surface area contributed by atoms with E-state index in [1.54, 1.807) is 0 Å². The van der Waals surface area contributed by atoms with Crippen LogP contribution in [-0.2, 0) is 36.6 Å². The van der Waals surface area contributed by atoms with E-state index in [-0.39, 0.29) is 48.1 Å². The van der Waals surface area contributed by atoms with Crippen molar-refractivity contribution in [2.45, 2.75) is 110 Å². The van der Waals surface area contributed by atoms with Crippen molar-refractivity contribution in [1.29, 1.82) is 0 Å². The number of aromatic nitrogens is 1. The lowest BCUT2D eigenvalue weighted by Crippen LogP contribution is -2.45. The van der Waals surface area contributed by atoms with Gasteiger partial charge >= 0.3 is 5.97 Å². The van der Waals surface area contributed by atoms with Crippen LogP contribution < -0.4 is 5.32 Å². The fourth-order valence-corrected chi connectivity index (χ4v) is 6.65. The highest BCUT2D eigenvalue weighted by Crippen LogP contribution is 2.43. The summed E-state index contributed by atoms with van der Waals surface area (Å²) in [5.74, 6) is -1.89. The van der Waals surface area contributed by atoms with Crippen LogP contribution in [0.5, 0.6) is 0 Å². The molecule has 0 unspecified atom stereocenters. The second-order valence-electron chi connectivity index (χ2n) is 14.4. The molecule has 3 aromatic rings. The molecule has 0 spiro atoms. The number of anilines is 1. The largest absolute Gasteiger partial charge is 0.460 e. The lowest BCUT2D eigenvalue weighted by molar-refractivity contribution is -0.290. The number of alkyl halides is 1. The highest BCUT2D eigenvalue weighted by atomic mass is 35.5. The maximum Gasteiger partial charge on any atom is 0.308 e.